The van der Waals surface area contributed by atoms with Crippen LogP contribution in [0.4, 0.5) is 0 Å². The molecule has 1 saturated carbocycles. The molecule has 1 aromatic carbocycles. The summed E-state index contributed by atoms with van der Waals surface area (Å²) in [5.41, 5.74) is 0.878. The minimum atomic E-state index is -0.465. The molecule has 1 aromatic rings. The Morgan fingerprint density at radius 3 is 2.35 bits per heavy atom. The number of hydrogen-bond acceptors (Lipinski definition) is 3. The number of hydrogen-bond donors (Lipinski definition) is 1. The van der Waals surface area contributed by atoms with Crippen LogP contribution in [-0.2, 0) is 0 Å². The van der Waals surface area contributed by atoms with Crippen molar-refractivity contribution in [2.45, 2.75) is 45.1 Å². The van der Waals surface area contributed by atoms with E-state index in [0.29, 0.717) is 13.2 Å². The van der Waals surface area contributed by atoms with Gasteiger partial charge in [0.15, 0.2) is 11.5 Å². The van der Waals surface area contributed by atoms with E-state index in [0.717, 1.165) is 34.4 Å². The second-order valence-electron chi connectivity index (χ2n) is 6.13. The number of halogens is 1. The van der Waals surface area contributed by atoms with Crippen molar-refractivity contribution in [3.63, 3.8) is 0 Å². The molecule has 3 rings (SSSR count). The Kier molecular flexibility index (Phi) is 3.95. The summed E-state index contributed by atoms with van der Waals surface area (Å²) in [6, 6.07) is 3.85. The summed E-state index contributed by atoms with van der Waals surface area (Å²) in [6.45, 7) is 3.35. The van der Waals surface area contributed by atoms with Crippen molar-refractivity contribution in [1.29, 1.82) is 0 Å². The zero-order chi connectivity index (χ0) is 14.2. The zero-order valence-electron chi connectivity index (χ0n) is 11.8. The number of rotatable bonds is 2. The van der Waals surface area contributed by atoms with Gasteiger partial charge in [-0.2, -0.15) is 0 Å². The van der Waals surface area contributed by atoms with Crippen LogP contribution in [0.25, 0.3) is 0 Å². The minimum Gasteiger partial charge on any atom is -0.486 e. The zero-order valence-corrected chi connectivity index (χ0v) is 13.4. The monoisotopic (exact) mass is 340 g/mol. The third-order valence-electron chi connectivity index (χ3n) is 4.61. The highest BCUT2D eigenvalue weighted by Gasteiger charge is 2.36. The highest BCUT2D eigenvalue weighted by molar-refractivity contribution is 9.10. The van der Waals surface area contributed by atoms with Crippen LogP contribution in [0.5, 0.6) is 11.5 Å². The Labute approximate surface area is 128 Å². The summed E-state index contributed by atoms with van der Waals surface area (Å²) in [7, 11) is 0. The van der Waals surface area contributed by atoms with Crippen molar-refractivity contribution < 1.29 is 14.6 Å². The summed E-state index contributed by atoms with van der Waals surface area (Å²) < 4.78 is 12.1. The predicted molar refractivity (Wildman–Crippen MR) is 81.3 cm³/mol. The predicted octanol–water partition coefficient (Wildman–Crippen LogP) is 4.22. The molecular weight excluding hydrogens is 320 g/mol. The summed E-state index contributed by atoms with van der Waals surface area (Å²) in [4.78, 5) is 0. The van der Waals surface area contributed by atoms with Crippen molar-refractivity contribution in [2.75, 3.05) is 13.2 Å². The van der Waals surface area contributed by atoms with Gasteiger partial charge >= 0.3 is 0 Å². The number of fused-ring (bicyclic) bond motifs is 1. The van der Waals surface area contributed by atoms with Gasteiger partial charge in [-0.1, -0.05) is 42.1 Å². The fourth-order valence-corrected chi connectivity index (χ4v) is 3.84. The van der Waals surface area contributed by atoms with Crippen LogP contribution in [0, 0.1) is 5.41 Å². The number of benzene rings is 1. The summed E-state index contributed by atoms with van der Waals surface area (Å²) in [5.74, 6) is 1.50. The largest absolute Gasteiger partial charge is 0.486 e. The Morgan fingerprint density at radius 1 is 1.10 bits per heavy atom. The SMILES string of the molecule is CC1(C(O)c2cc3c(cc2Br)OCCO3)CCCCC1. The van der Waals surface area contributed by atoms with E-state index in [4.69, 9.17) is 9.47 Å². The molecule has 1 heterocycles. The molecule has 0 aromatic heterocycles. The smallest absolute Gasteiger partial charge is 0.162 e. The quantitative estimate of drug-likeness (QED) is 0.875. The van der Waals surface area contributed by atoms with E-state index >= 15 is 0 Å². The molecular formula is C16H21BrO3. The first-order valence-electron chi connectivity index (χ1n) is 7.37. The van der Waals surface area contributed by atoms with E-state index < -0.39 is 6.10 Å². The van der Waals surface area contributed by atoms with Crippen LogP contribution in [0.1, 0.15) is 50.7 Å². The lowest BCUT2D eigenvalue weighted by Crippen LogP contribution is -2.28. The molecule has 1 unspecified atom stereocenters. The van der Waals surface area contributed by atoms with Gasteiger partial charge in [-0.25, -0.2) is 0 Å². The highest BCUT2D eigenvalue weighted by Crippen LogP contribution is 2.49. The van der Waals surface area contributed by atoms with E-state index in [1.165, 1.54) is 19.3 Å². The van der Waals surface area contributed by atoms with Crippen molar-refractivity contribution in [3.8, 4) is 11.5 Å². The Hall–Kier alpha value is -0.740. The summed E-state index contributed by atoms with van der Waals surface area (Å²) in [5, 5.41) is 10.9. The minimum absolute atomic E-state index is 0.0372. The molecule has 3 nitrogen and oxygen atoms in total. The first-order valence-corrected chi connectivity index (χ1v) is 8.16. The molecule has 4 heteroatoms. The summed E-state index contributed by atoms with van der Waals surface area (Å²) >= 11 is 3.57. The molecule has 1 N–H and O–H groups in total. The first kappa shape index (κ1) is 14.2. The van der Waals surface area contributed by atoms with E-state index in [-0.39, 0.29) is 5.41 Å². The molecule has 1 aliphatic heterocycles. The van der Waals surface area contributed by atoms with Crippen LogP contribution >= 0.6 is 15.9 Å². The lowest BCUT2D eigenvalue weighted by molar-refractivity contribution is 0.00738. The number of ether oxygens (including phenoxy) is 2. The maximum Gasteiger partial charge on any atom is 0.162 e. The molecule has 0 spiro atoms. The van der Waals surface area contributed by atoms with Gasteiger partial charge in [0.25, 0.3) is 0 Å². The number of aliphatic hydroxyl groups excluding tert-OH is 1. The molecule has 110 valence electrons. The van der Waals surface area contributed by atoms with E-state index in [1.807, 2.05) is 12.1 Å². The van der Waals surface area contributed by atoms with Crippen LogP contribution in [-0.4, -0.2) is 18.3 Å². The van der Waals surface area contributed by atoms with Crippen LogP contribution < -0.4 is 9.47 Å². The third-order valence-corrected chi connectivity index (χ3v) is 5.30. The van der Waals surface area contributed by atoms with Gasteiger partial charge in [-0.15, -0.1) is 0 Å². The lowest BCUT2D eigenvalue weighted by atomic mass is 9.70. The molecule has 1 atom stereocenters. The van der Waals surface area contributed by atoms with Crippen molar-refractivity contribution >= 4 is 15.9 Å². The van der Waals surface area contributed by atoms with E-state index in [1.54, 1.807) is 0 Å². The summed E-state index contributed by atoms with van der Waals surface area (Å²) in [6.07, 6.45) is 5.38. The molecule has 0 amide bonds. The Morgan fingerprint density at radius 2 is 1.70 bits per heavy atom. The topological polar surface area (TPSA) is 38.7 Å². The average Bonchev–Trinajstić information content (AvgIpc) is 2.46. The second kappa shape index (κ2) is 5.57. The fourth-order valence-electron chi connectivity index (χ4n) is 3.30. The van der Waals surface area contributed by atoms with Gasteiger partial charge in [0.1, 0.15) is 13.2 Å². The fraction of sp³-hybridized carbons (Fsp3) is 0.625. The van der Waals surface area contributed by atoms with E-state index in [9.17, 15) is 5.11 Å². The Bertz CT molecular complexity index is 495. The first-order chi connectivity index (χ1) is 9.60. The Balaban J connectivity index is 1.92. The average molecular weight is 341 g/mol. The molecule has 2 aliphatic rings. The van der Waals surface area contributed by atoms with Crippen molar-refractivity contribution in [2.24, 2.45) is 5.41 Å². The van der Waals surface area contributed by atoms with Crippen LogP contribution in [0.2, 0.25) is 0 Å². The van der Waals surface area contributed by atoms with Gasteiger partial charge < -0.3 is 14.6 Å². The normalized spacial score (nSPS) is 22.4. The lowest BCUT2D eigenvalue weighted by Gasteiger charge is -2.38. The van der Waals surface area contributed by atoms with Crippen molar-refractivity contribution in [1.82, 2.24) is 0 Å². The maximum atomic E-state index is 10.9. The van der Waals surface area contributed by atoms with Gasteiger partial charge in [0.2, 0.25) is 0 Å². The van der Waals surface area contributed by atoms with Gasteiger partial charge in [0, 0.05) is 4.47 Å². The van der Waals surface area contributed by atoms with Crippen LogP contribution in [0.15, 0.2) is 16.6 Å². The third kappa shape index (κ3) is 2.56. The molecule has 1 aliphatic carbocycles. The van der Waals surface area contributed by atoms with Crippen LogP contribution in [0.3, 0.4) is 0 Å². The molecule has 0 radical (unpaired) electrons. The van der Waals surface area contributed by atoms with Gasteiger partial charge in [-0.05, 0) is 36.0 Å². The second-order valence-corrected chi connectivity index (χ2v) is 6.99. The maximum absolute atomic E-state index is 10.9. The number of aliphatic hydroxyl groups is 1. The van der Waals surface area contributed by atoms with Gasteiger partial charge in [-0.3, -0.25) is 0 Å². The highest BCUT2D eigenvalue weighted by atomic mass is 79.9. The van der Waals surface area contributed by atoms with Gasteiger partial charge in [0.05, 0.1) is 6.10 Å². The molecule has 0 saturated heterocycles. The molecule has 0 bridgehead atoms. The molecule has 1 fully saturated rings. The standard InChI is InChI=1S/C16H21BrO3/c1-16(5-3-2-4-6-16)15(18)11-9-13-14(10-12(11)17)20-8-7-19-13/h9-10,15,18H,2-8H2,1H3. The van der Waals surface area contributed by atoms with E-state index in [2.05, 4.69) is 22.9 Å². The van der Waals surface area contributed by atoms with Crippen molar-refractivity contribution in [3.05, 3.63) is 22.2 Å². The molecule has 20 heavy (non-hydrogen) atoms.